The average molecular weight is 260 g/mol. The minimum absolute atomic E-state index is 0.361. The molecule has 0 atom stereocenters. The average Bonchev–Trinajstić information content (AvgIpc) is 2.99. The molecule has 0 radical (unpaired) electrons. The molecule has 0 bridgehead atoms. The third kappa shape index (κ3) is 1.58. The number of nitrogens with two attached hydrogens (primary N) is 1. The van der Waals surface area contributed by atoms with Gasteiger partial charge in [-0.2, -0.15) is 0 Å². The highest BCUT2D eigenvalue weighted by Crippen LogP contribution is 2.32. The van der Waals surface area contributed by atoms with Crippen LogP contribution in [0.25, 0.3) is 16.2 Å². The summed E-state index contributed by atoms with van der Waals surface area (Å²) in [4.78, 5) is 0.844. The van der Waals surface area contributed by atoms with E-state index in [4.69, 9.17) is 10.5 Å². The van der Waals surface area contributed by atoms with E-state index in [1.54, 1.807) is 18.4 Å². The van der Waals surface area contributed by atoms with Crippen molar-refractivity contribution in [3.05, 3.63) is 35.5 Å². The largest absolute Gasteiger partial charge is 0.496 e. The number of ether oxygens (including phenoxy) is 1. The molecule has 6 heteroatoms. The van der Waals surface area contributed by atoms with Gasteiger partial charge < -0.3 is 10.5 Å². The molecule has 0 aliphatic heterocycles. The SMILES string of the molecule is COc1ccccc1-c1csc2nnc(CN)n12. The van der Waals surface area contributed by atoms with Crippen molar-refractivity contribution in [3.8, 4) is 17.0 Å². The fourth-order valence-corrected chi connectivity index (χ4v) is 2.80. The van der Waals surface area contributed by atoms with Crippen molar-refractivity contribution in [3.63, 3.8) is 0 Å². The second kappa shape index (κ2) is 4.40. The normalized spacial score (nSPS) is 11.0. The van der Waals surface area contributed by atoms with Crippen molar-refractivity contribution in [1.82, 2.24) is 14.6 Å². The van der Waals surface area contributed by atoms with E-state index in [1.807, 2.05) is 34.0 Å². The Morgan fingerprint density at radius 2 is 2.17 bits per heavy atom. The van der Waals surface area contributed by atoms with Gasteiger partial charge >= 0.3 is 0 Å². The third-order valence-electron chi connectivity index (χ3n) is 2.78. The van der Waals surface area contributed by atoms with Gasteiger partial charge in [0.15, 0.2) is 5.82 Å². The standard InChI is InChI=1S/C12H12N4OS/c1-17-10-5-3-2-4-8(10)9-7-18-12-15-14-11(6-13)16(9)12/h2-5,7H,6,13H2,1H3. The quantitative estimate of drug-likeness (QED) is 0.781. The van der Waals surface area contributed by atoms with E-state index in [-0.39, 0.29) is 0 Å². The Hall–Kier alpha value is -1.92. The first-order valence-corrected chi connectivity index (χ1v) is 6.38. The smallest absolute Gasteiger partial charge is 0.216 e. The van der Waals surface area contributed by atoms with E-state index in [9.17, 15) is 0 Å². The van der Waals surface area contributed by atoms with Crippen LogP contribution in [-0.2, 0) is 6.54 Å². The Bertz CT molecular complexity index is 688. The van der Waals surface area contributed by atoms with Crippen molar-refractivity contribution in [2.24, 2.45) is 5.73 Å². The molecule has 18 heavy (non-hydrogen) atoms. The van der Waals surface area contributed by atoms with E-state index < -0.39 is 0 Å². The maximum atomic E-state index is 5.69. The molecule has 0 fully saturated rings. The first-order chi connectivity index (χ1) is 8.85. The van der Waals surface area contributed by atoms with E-state index >= 15 is 0 Å². The van der Waals surface area contributed by atoms with Gasteiger partial charge in [0, 0.05) is 10.9 Å². The van der Waals surface area contributed by atoms with Crippen molar-refractivity contribution in [1.29, 1.82) is 0 Å². The molecule has 0 unspecified atom stereocenters. The molecule has 92 valence electrons. The summed E-state index contributed by atoms with van der Waals surface area (Å²) >= 11 is 1.54. The molecule has 0 aliphatic carbocycles. The Morgan fingerprint density at radius 3 is 2.94 bits per heavy atom. The predicted octanol–water partition coefficient (Wildman–Crippen LogP) is 1.93. The van der Waals surface area contributed by atoms with Crippen LogP contribution < -0.4 is 10.5 Å². The zero-order valence-corrected chi connectivity index (χ0v) is 10.6. The molecular formula is C12H12N4OS. The second-order valence-corrected chi connectivity index (χ2v) is 4.60. The summed E-state index contributed by atoms with van der Waals surface area (Å²) in [5.41, 5.74) is 7.71. The van der Waals surface area contributed by atoms with Crippen molar-refractivity contribution in [2.75, 3.05) is 7.11 Å². The van der Waals surface area contributed by atoms with Gasteiger partial charge in [0.25, 0.3) is 0 Å². The molecule has 0 spiro atoms. The van der Waals surface area contributed by atoms with Crippen LogP contribution in [0, 0.1) is 0 Å². The van der Waals surface area contributed by atoms with Crippen molar-refractivity contribution in [2.45, 2.75) is 6.54 Å². The summed E-state index contributed by atoms with van der Waals surface area (Å²) in [5.74, 6) is 1.58. The Balaban J connectivity index is 2.28. The Kier molecular flexibility index (Phi) is 2.73. The van der Waals surface area contributed by atoms with Gasteiger partial charge in [0.1, 0.15) is 5.75 Å². The maximum absolute atomic E-state index is 5.69. The van der Waals surface area contributed by atoms with Gasteiger partial charge in [-0.3, -0.25) is 4.40 Å². The number of hydrogen-bond acceptors (Lipinski definition) is 5. The lowest BCUT2D eigenvalue weighted by Gasteiger charge is -2.07. The molecule has 0 aliphatic rings. The molecule has 3 rings (SSSR count). The number of aromatic nitrogens is 3. The fourth-order valence-electron chi connectivity index (χ4n) is 1.95. The lowest BCUT2D eigenvalue weighted by atomic mass is 10.1. The van der Waals surface area contributed by atoms with Crippen LogP contribution in [0.1, 0.15) is 5.82 Å². The van der Waals surface area contributed by atoms with Gasteiger partial charge in [-0.05, 0) is 12.1 Å². The molecule has 2 N–H and O–H groups in total. The van der Waals surface area contributed by atoms with Crippen LogP contribution in [0.5, 0.6) is 5.75 Å². The summed E-state index contributed by atoms with van der Waals surface area (Å²) in [6.45, 7) is 0.361. The van der Waals surface area contributed by atoms with Crippen LogP contribution >= 0.6 is 11.3 Å². The van der Waals surface area contributed by atoms with E-state index in [1.165, 1.54) is 0 Å². The van der Waals surface area contributed by atoms with Gasteiger partial charge in [-0.15, -0.1) is 21.5 Å². The first-order valence-electron chi connectivity index (χ1n) is 5.50. The van der Waals surface area contributed by atoms with Crippen LogP contribution in [0.2, 0.25) is 0 Å². The van der Waals surface area contributed by atoms with Crippen LogP contribution in [0.3, 0.4) is 0 Å². The molecule has 0 saturated carbocycles. The summed E-state index contributed by atoms with van der Waals surface area (Å²) < 4.78 is 7.36. The first kappa shape index (κ1) is 11.2. The summed E-state index contributed by atoms with van der Waals surface area (Å²) in [6, 6.07) is 7.88. The van der Waals surface area contributed by atoms with Crippen LogP contribution in [0.15, 0.2) is 29.6 Å². The summed E-state index contributed by atoms with van der Waals surface area (Å²) in [5, 5.41) is 10.2. The number of benzene rings is 1. The number of thiazole rings is 1. The fraction of sp³-hybridized carbons (Fsp3) is 0.167. The number of rotatable bonds is 3. The lowest BCUT2D eigenvalue weighted by Crippen LogP contribution is -2.03. The van der Waals surface area contributed by atoms with E-state index in [0.29, 0.717) is 6.54 Å². The number of fused-ring (bicyclic) bond motifs is 1. The van der Waals surface area contributed by atoms with Crippen LogP contribution in [-0.4, -0.2) is 21.7 Å². The minimum atomic E-state index is 0.361. The molecule has 1 aromatic carbocycles. The molecule has 0 amide bonds. The van der Waals surface area contributed by atoms with Crippen molar-refractivity contribution < 1.29 is 4.74 Å². The highest BCUT2D eigenvalue weighted by Gasteiger charge is 2.14. The van der Waals surface area contributed by atoms with E-state index in [2.05, 4.69) is 10.2 Å². The predicted molar refractivity (Wildman–Crippen MR) is 70.7 cm³/mol. The number of nitrogens with zero attached hydrogens (tertiary/aromatic N) is 3. The topological polar surface area (TPSA) is 65.4 Å². The molecular weight excluding hydrogens is 248 g/mol. The number of para-hydroxylation sites is 1. The summed E-state index contributed by atoms with van der Waals surface area (Å²) in [6.07, 6.45) is 0. The zero-order chi connectivity index (χ0) is 12.5. The van der Waals surface area contributed by atoms with Gasteiger partial charge in [-0.1, -0.05) is 12.1 Å². The summed E-state index contributed by atoms with van der Waals surface area (Å²) in [7, 11) is 1.67. The van der Waals surface area contributed by atoms with E-state index in [0.717, 1.165) is 27.8 Å². The second-order valence-electron chi connectivity index (χ2n) is 3.76. The Morgan fingerprint density at radius 1 is 1.33 bits per heavy atom. The Labute approximate surface area is 108 Å². The molecule has 0 saturated heterocycles. The highest BCUT2D eigenvalue weighted by atomic mass is 32.1. The van der Waals surface area contributed by atoms with Gasteiger partial charge in [0.2, 0.25) is 4.96 Å². The lowest BCUT2D eigenvalue weighted by molar-refractivity contribution is 0.416. The molecule has 3 aromatic rings. The zero-order valence-electron chi connectivity index (χ0n) is 9.83. The maximum Gasteiger partial charge on any atom is 0.216 e. The van der Waals surface area contributed by atoms with Crippen molar-refractivity contribution >= 4 is 16.3 Å². The number of methoxy groups -OCH3 is 1. The monoisotopic (exact) mass is 260 g/mol. The minimum Gasteiger partial charge on any atom is -0.496 e. The molecule has 2 heterocycles. The highest BCUT2D eigenvalue weighted by molar-refractivity contribution is 7.15. The van der Waals surface area contributed by atoms with Gasteiger partial charge in [0.05, 0.1) is 19.3 Å². The third-order valence-corrected chi connectivity index (χ3v) is 3.60. The molecule has 5 nitrogen and oxygen atoms in total. The number of hydrogen-bond donors (Lipinski definition) is 1. The van der Waals surface area contributed by atoms with Gasteiger partial charge in [-0.25, -0.2) is 0 Å². The molecule has 2 aromatic heterocycles. The van der Waals surface area contributed by atoms with Crippen LogP contribution in [0.4, 0.5) is 0 Å².